The van der Waals surface area contributed by atoms with Gasteiger partial charge in [-0.3, -0.25) is 4.79 Å². The Kier molecular flexibility index (Phi) is 5.30. The Hall–Kier alpha value is -1.60. The first-order chi connectivity index (χ1) is 12.2. The molecule has 26 heavy (non-hydrogen) atoms. The predicted octanol–water partition coefficient (Wildman–Crippen LogP) is 2.50. The van der Waals surface area contributed by atoms with Gasteiger partial charge in [0.25, 0.3) is 5.91 Å². The standard InChI is InChI=1S/C19H28N2O4S/c1-12(16-10-13-5-6-14(16)9-13)20-19(22)15-7-8-17(25-4)18(11-15)26(23,24)21(2)3/h7-8,11-14,16H,5-6,9-10H2,1-4H3,(H,20,22). The number of carbonyl (C=O) groups is 1. The predicted molar refractivity (Wildman–Crippen MR) is 99.7 cm³/mol. The first-order valence-corrected chi connectivity index (χ1v) is 10.6. The van der Waals surface area contributed by atoms with Crippen molar-refractivity contribution >= 4 is 15.9 Å². The van der Waals surface area contributed by atoms with Crippen LogP contribution in [0, 0.1) is 17.8 Å². The Bertz CT molecular complexity index is 791. The first-order valence-electron chi connectivity index (χ1n) is 9.15. The molecule has 2 bridgehead atoms. The largest absolute Gasteiger partial charge is 0.495 e. The minimum atomic E-state index is -3.70. The molecule has 1 aromatic carbocycles. The third-order valence-electron chi connectivity index (χ3n) is 5.98. The number of benzene rings is 1. The Morgan fingerprint density at radius 2 is 2.00 bits per heavy atom. The molecule has 0 aliphatic heterocycles. The number of amides is 1. The van der Waals surface area contributed by atoms with Crippen molar-refractivity contribution in [3.63, 3.8) is 0 Å². The van der Waals surface area contributed by atoms with Crippen molar-refractivity contribution in [2.24, 2.45) is 17.8 Å². The van der Waals surface area contributed by atoms with E-state index in [1.165, 1.54) is 59.0 Å². The molecule has 0 spiro atoms. The summed E-state index contributed by atoms with van der Waals surface area (Å²) in [6.45, 7) is 2.06. The molecular formula is C19H28N2O4S. The molecule has 1 N–H and O–H groups in total. The van der Waals surface area contributed by atoms with Gasteiger partial charge in [-0.2, -0.15) is 0 Å². The highest BCUT2D eigenvalue weighted by Gasteiger charge is 2.42. The van der Waals surface area contributed by atoms with Gasteiger partial charge in [0.15, 0.2) is 0 Å². The van der Waals surface area contributed by atoms with Crippen LogP contribution in [0.1, 0.15) is 43.0 Å². The van der Waals surface area contributed by atoms with Crippen molar-refractivity contribution in [2.75, 3.05) is 21.2 Å². The zero-order valence-corrected chi connectivity index (χ0v) is 16.7. The lowest BCUT2D eigenvalue weighted by molar-refractivity contribution is 0.0915. The summed E-state index contributed by atoms with van der Waals surface area (Å²) in [7, 11) is 0.633. The van der Waals surface area contributed by atoms with Gasteiger partial charge in [0.1, 0.15) is 10.6 Å². The lowest BCUT2D eigenvalue weighted by atomic mass is 9.84. The van der Waals surface area contributed by atoms with Crippen LogP contribution in [-0.2, 0) is 10.0 Å². The summed E-state index contributed by atoms with van der Waals surface area (Å²) in [4.78, 5) is 12.7. The number of ether oxygens (including phenoxy) is 1. The van der Waals surface area contributed by atoms with E-state index in [1.54, 1.807) is 6.07 Å². The van der Waals surface area contributed by atoms with Crippen LogP contribution in [0.5, 0.6) is 5.75 Å². The molecule has 2 aliphatic carbocycles. The van der Waals surface area contributed by atoms with Gasteiger partial charge in [-0.05, 0) is 62.1 Å². The smallest absolute Gasteiger partial charge is 0.251 e. The highest BCUT2D eigenvalue weighted by molar-refractivity contribution is 7.89. The van der Waals surface area contributed by atoms with Crippen LogP contribution in [0.15, 0.2) is 23.1 Å². The van der Waals surface area contributed by atoms with E-state index in [0.29, 0.717) is 11.5 Å². The summed E-state index contributed by atoms with van der Waals surface area (Å²) in [5.41, 5.74) is 0.334. The van der Waals surface area contributed by atoms with Crippen molar-refractivity contribution in [2.45, 2.75) is 43.5 Å². The van der Waals surface area contributed by atoms with E-state index in [4.69, 9.17) is 4.74 Å². The number of hydrogen-bond donors (Lipinski definition) is 1. The molecule has 2 aliphatic rings. The molecule has 0 heterocycles. The van der Waals surface area contributed by atoms with Gasteiger partial charge >= 0.3 is 0 Å². The number of nitrogens with one attached hydrogen (secondary N) is 1. The molecule has 0 saturated heterocycles. The number of hydrogen-bond acceptors (Lipinski definition) is 4. The molecule has 1 amide bonds. The SMILES string of the molecule is COc1ccc(C(=O)NC(C)C2CC3CCC2C3)cc1S(=O)(=O)N(C)C. The number of carbonyl (C=O) groups excluding carboxylic acids is 1. The molecule has 2 fully saturated rings. The van der Waals surface area contributed by atoms with Gasteiger partial charge in [-0.25, -0.2) is 12.7 Å². The van der Waals surface area contributed by atoms with Gasteiger partial charge in [0.2, 0.25) is 10.0 Å². The number of nitrogens with zero attached hydrogens (tertiary/aromatic N) is 1. The maximum Gasteiger partial charge on any atom is 0.251 e. The minimum absolute atomic E-state index is 0.00484. The number of sulfonamides is 1. The maximum atomic E-state index is 12.7. The zero-order valence-electron chi connectivity index (χ0n) is 15.9. The second-order valence-electron chi connectivity index (χ2n) is 7.75. The van der Waals surface area contributed by atoms with Gasteiger partial charge in [0, 0.05) is 25.7 Å². The van der Waals surface area contributed by atoms with E-state index in [9.17, 15) is 13.2 Å². The average Bonchev–Trinajstić information content (AvgIpc) is 3.24. The summed E-state index contributed by atoms with van der Waals surface area (Å²) in [6, 6.07) is 4.63. The van der Waals surface area contributed by atoms with Crippen LogP contribution in [0.2, 0.25) is 0 Å². The molecule has 2 saturated carbocycles. The van der Waals surface area contributed by atoms with E-state index in [1.807, 2.05) is 0 Å². The fourth-order valence-electron chi connectivity index (χ4n) is 4.52. The molecule has 1 aromatic rings. The molecule has 7 heteroatoms. The molecule has 3 rings (SSSR count). The Morgan fingerprint density at radius 1 is 1.27 bits per heavy atom. The summed E-state index contributed by atoms with van der Waals surface area (Å²) in [5, 5.41) is 3.08. The normalized spacial score (nSPS) is 26.1. The van der Waals surface area contributed by atoms with Gasteiger partial charge in [-0.1, -0.05) is 6.42 Å². The highest BCUT2D eigenvalue weighted by Crippen LogP contribution is 2.49. The molecule has 0 radical (unpaired) electrons. The number of fused-ring (bicyclic) bond motifs is 2. The Balaban J connectivity index is 1.79. The fraction of sp³-hybridized carbons (Fsp3) is 0.632. The maximum absolute atomic E-state index is 12.7. The summed E-state index contributed by atoms with van der Waals surface area (Å²) < 4.78 is 31.3. The van der Waals surface area contributed by atoms with Crippen molar-refractivity contribution in [1.82, 2.24) is 9.62 Å². The van der Waals surface area contributed by atoms with E-state index in [0.717, 1.165) is 16.1 Å². The van der Waals surface area contributed by atoms with Gasteiger partial charge in [-0.15, -0.1) is 0 Å². The summed E-state index contributed by atoms with van der Waals surface area (Å²) in [5.74, 6) is 2.06. The quantitative estimate of drug-likeness (QED) is 0.823. The van der Waals surface area contributed by atoms with Gasteiger partial charge < -0.3 is 10.1 Å². The van der Waals surface area contributed by atoms with Crippen molar-refractivity contribution in [3.05, 3.63) is 23.8 Å². The number of methoxy groups -OCH3 is 1. The third kappa shape index (κ3) is 3.47. The molecule has 4 unspecified atom stereocenters. The highest BCUT2D eigenvalue weighted by atomic mass is 32.2. The van der Waals surface area contributed by atoms with Crippen LogP contribution in [0.25, 0.3) is 0 Å². The molecular weight excluding hydrogens is 352 g/mol. The minimum Gasteiger partial charge on any atom is -0.495 e. The van der Waals surface area contributed by atoms with Crippen LogP contribution < -0.4 is 10.1 Å². The first kappa shape index (κ1) is 19.2. The van der Waals surface area contributed by atoms with Crippen molar-refractivity contribution in [3.8, 4) is 5.75 Å². The topological polar surface area (TPSA) is 75.7 Å². The Labute approximate surface area is 156 Å². The lowest BCUT2D eigenvalue weighted by Gasteiger charge is -2.28. The number of rotatable bonds is 6. The van der Waals surface area contributed by atoms with Crippen LogP contribution in [-0.4, -0.2) is 45.9 Å². The van der Waals surface area contributed by atoms with E-state index >= 15 is 0 Å². The second-order valence-corrected chi connectivity index (χ2v) is 9.87. The molecule has 0 aromatic heterocycles. The average molecular weight is 381 g/mol. The summed E-state index contributed by atoms with van der Waals surface area (Å²) >= 11 is 0. The molecule has 6 nitrogen and oxygen atoms in total. The van der Waals surface area contributed by atoms with E-state index in [-0.39, 0.29) is 22.6 Å². The Morgan fingerprint density at radius 3 is 2.54 bits per heavy atom. The van der Waals surface area contributed by atoms with Gasteiger partial charge in [0.05, 0.1) is 7.11 Å². The monoisotopic (exact) mass is 380 g/mol. The van der Waals surface area contributed by atoms with Crippen LogP contribution in [0.3, 0.4) is 0 Å². The van der Waals surface area contributed by atoms with Crippen LogP contribution in [0.4, 0.5) is 0 Å². The van der Waals surface area contributed by atoms with Crippen LogP contribution >= 0.6 is 0 Å². The van der Waals surface area contributed by atoms with E-state index < -0.39 is 10.0 Å². The zero-order chi connectivity index (χ0) is 19.1. The molecule has 144 valence electrons. The fourth-order valence-corrected chi connectivity index (χ4v) is 5.59. The van der Waals surface area contributed by atoms with Crippen molar-refractivity contribution in [1.29, 1.82) is 0 Å². The van der Waals surface area contributed by atoms with Crippen molar-refractivity contribution < 1.29 is 17.9 Å². The van der Waals surface area contributed by atoms with E-state index in [2.05, 4.69) is 12.2 Å². The third-order valence-corrected chi connectivity index (χ3v) is 7.81. The second kappa shape index (κ2) is 7.19. The lowest BCUT2D eigenvalue weighted by Crippen LogP contribution is -2.40. The molecule has 4 atom stereocenters. The summed E-state index contributed by atoms with van der Waals surface area (Å²) in [6.07, 6.45) is 5.07.